The molecular weight excluding hydrogens is 262 g/mol. The Morgan fingerprint density at radius 2 is 2.33 bits per heavy atom. The number of carbonyl (C=O) groups is 1. The zero-order valence-corrected chi connectivity index (χ0v) is 9.54. The van der Waals surface area contributed by atoms with Gasteiger partial charge in [-0.1, -0.05) is 15.9 Å². The maximum Gasteiger partial charge on any atom is 0.337 e. The number of esters is 1. The van der Waals surface area contributed by atoms with Crippen LogP contribution >= 0.6 is 15.9 Å². The van der Waals surface area contributed by atoms with Crippen LogP contribution in [0.5, 0.6) is 5.75 Å². The van der Waals surface area contributed by atoms with Crippen LogP contribution in [0, 0.1) is 11.3 Å². The number of nitrogens with zero attached hydrogens (tertiary/aromatic N) is 1. The Morgan fingerprint density at radius 1 is 1.67 bits per heavy atom. The second-order valence-electron chi connectivity index (χ2n) is 2.77. The van der Waals surface area contributed by atoms with E-state index in [4.69, 9.17) is 5.26 Å². The summed E-state index contributed by atoms with van der Waals surface area (Å²) in [7, 11) is 1.26. The quantitative estimate of drug-likeness (QED) is 0.658. The van der Waals surface area contributed by atoms with E-state index in [1.165, 1.54) is 19.2 Å². The van der Waals surface area contributed by atoms with E-state index in [2.05, 4.69) is 20.7 Å². The van der Waals surface area contributed by atoms with Gasteiger partial charge < -0.3 is 9.84 Å². The minimum atomic E-state index is -0.534. The van der Waals surface area contributed by atoms with Crippen molar-refractivity contribution in [3.05, 3.63) is 28.8 Å². The molecule has 1 rings (SSSR count). The fraction of sp³-hybridized carbons (Fsp3) is 0.200. The predicted molar refractivity (Wildman–Crippen MR) is 56.8 cm³/mol. The highest BCUT2D eigenvalue weighted by atomic mass is 79.9. The molecule has 0 fully saturated rings. The minimum absolute atomic E-state index is 0.0624. The van der Waals surface area contributed by atoms with Gasteiger partial charge in [0.05, 0.1) is 18.2 Å². The molecule has 0 saturated carbocycles. The summed E-state index contributed by atoms with van der Waals surface area (Å²) in [5.74, 6) is -0.643. The molecule has 0 atom stereocenters. The first-order valence-corrected chi connectivity index (χ1v) is 5.16. The van der Waals surface area contributed by atoms with Crippen molar-refractivity contribution < 1.29 is 14.6 Å². The van der Waals surface area contributed by atoms with Gasteiger partial charge in [-0.25, -0.2) is 4.79 Å². The van der Waals surface area contributed by atoms with Gasteiger partial charge in [-0.15, -0.1) is 0 Å². The topological polar surface area (TPSA) is 70.3 Å². The summed E-state index contributed by atoms with van der Waals surface area (Å²) in [6, 6.07) is 4.59. The van der Waals surface area contributed by atoms with Crippen molar-refractivity contribution in [3.8, 4) is 11.8 Å². The Labute approximate surface area is 95.2 Å². The molecule has 0 saturated heterocycles. The average Bonchev–Trinajstić information content (AvgIpc) is 2.28. The number of carbonyl (C=O) groups excluding carboxylic acids is 1. The molecule has 0 aliphatic carbocycles. The summed E-state index contributed by atoms with van der Waals surface area (Å²) in [5.41, 5.74) is 0.795. The minimum Gasteiger partial charge on any atom is -0.506 e. The van der Waals surface area contributed by atoms with E-state index in [9.17, 15) is 9.90 Å². The van der Waals surface area contributed by atoms with Gasteiger partial charge >= 0.3 is 5.97 Å². The first-order chi connectivity index (χ1) is 7.13. The molecule has 0 aromatic heterocycles. The number of benzene rings is 1. The maximum atomic E-state index is 11.2. The Morgan fingerprint density at radius 3 is 2.80 bits per heavy atom. The molecule has 0 amide bonds. The van der Waals surface area contributed by atoms with E-state index >= 15 is 0 Å². The lowest BCUT2D eigenvalue weighted by Gasteiger charge is -2.05. The van der Waals surface area contributed by atoms with Gasteiger partial charge in [0.25, 0.3) is 0 Å². The third-order valence-corrected chi connectivity index (χ3v) is 2.48. The second-order valence-corrected chi connectivity index (χ2v) is 3.33. The van der Waals surface area contributed by atoms with Gasteiger partial charge in [-0.05, 0) is 12.1 Å². The van der Waals surface area contributed by atoms with Gasteiger partial charge in [-0.2, -0.15) is 5.26 Å². The van der Waals surface area contributed by atoms with E-state index in [0.29, 0.717) is 10.9 Å². The molecule has 0 heterocycles. The Hall–Kier alpha value is -1.54. The van der Waals surface area contributed by atoms with Crippen molar-refractivity contribution in [1.82, 2.24) is 0 Å². The molecule has 15 heavy (non-hydrogen) atoms. The second kappa shape index (κ2) is 4.80. The molecule has 0 spiro atoms. The highest BCUT2D eigenvalue weighted by molar-refractivity contribution is 9.08. The zero-order chi connectivity index (χ0) is 11.4. The monoisotopic (exact) mass is 269 g/mol. The summed E-state index contributed by atoms with van der Waals surface area (Å²) < 4.78 is 4.53. The number of rotatable bonds is 2. The van der Waals surface area contributed by atoms with Gasteiger partial charge in [0.1, 0.15) is 11.8 Å². The predicted octanol–water partition coefficient (Wildman–Crippen LogP) is 1.95. The normalized spacial score (nSPS) is 9.40. The first-order valence-electron chi connectivity index (χ1n) is 4.04. The van der Waals surface area contributed by atoms with Crippen LogP contribution in [0.1, 0.15) is 21.5 Å². The van der Waals surface area contributed by atoms with Gasteiger partial charge in [0, 0.05) is 10.9 Å². The molecule has 78 valence electrons. The molecule has 1 aromatic carbocycles. The average molecular weight is 270 g/mol. The van der Waals surface area contributed by atoms with Crippen LogP contribution in [0.4, 0.5) is 0 Å². The maximum absolute atomic E-state index is 11.2. The molecule has 1 N–H and O–H groups in total. The lowest BCUT2D eigenvalue weighted by molar-refractivity contribution is 0.0600. The number of phenols is 1. The molecule has 1 aromatic rings. The van der Waals surface area contributed by atoms with Crippen molar-refractivity contribution in [2.24, 2.45) is 0 Å². The van der Waals surface area contributed by atoms with E-state index in [0.717, 1.165) is 0 Å². The lowest BCUT2D eigenvalue weighted by Crippen LogP contribution is -2.02. The van der Waals surface area contributed by atoms with Crippen molar-refractivity contribution in [1.29, 1.82) is 5.26 Å². The number of hydrogen-bond acceptors (Lipinski definition) is 4. The largest absolute Gasteiger partial charge is 0.506 e. The van der Waals surface area contributed by atoms with E-state index in [1.54, 1.807) is 0 Å². The van der Waals surface area contributed by atoms with Crippen LogP contribution in [0.25, 0.3) is 0 Å². The number of phenolic OH excluding ortho intramolecular Hbond substituents is 1. The number of aromatic hydroxyl groups is 1. The van der Waals surface area contributed by atoms with Crippen LogP contribution in [-0.4, -0.2) is 18.2 Å². The molecule has 0 aliphatic rings. The molecule has 0 bridgehead atoms. The van der Waals surface area contributed by atoms with Gasteiger partial charge in [0.2, 0.25) is 0 Å². The van der Waals surface area contributed by atoms with Crippen molar-refractivity contribution in [2.75, 3.05) is 7.11 Å². The van der Waals surface area contributed by atoms with Crippen molar-refractivity contribution >= 4 is 21.9 Å². The van der Waals surface area contributed by atoms with Crippen LogP contribution in [0.2, 0.25) is 0 Å². The number of alkyl halides is 1. The first kappa shape index (κ1) is 11.5. The fourth-order valence-electron chi connectivity index (χ4n) is 1.12. The lowest BCUT2D eigenvalue weighted by atomic mass is 10.1. The molecular formula is C10H8BrNO3. The van der Waals surface area contributed by atoms with Crippen LogP contribution < -0.4 is 0 Å². The van der Waals surface area contributed by atoms with Crippen molar-refractivity contribution in [3.63, 3.8) is 0 Å². The van der Waals surface area contributed by atoms with Crippen LogP contribution in [-0.2, 0) is 10.1 Å². The SMILES string of the molecule is COC(=O)c1cc(C#N)c(O)c(CBr)c1. The van der Waals surface area contributed by atoms with Gasteiger partial charge in [-0.3, -0.25) is 0 Å². The number of hydrogen-bond donors (Lipinski definition) is 1. The van der Waals surface area contributed by atoms with E-state index in [-0.39, 0.29) is 16.9 Å². The number of ether oxygens (including phenoxy) is 1. The molecule has 0 aliphatic heterocycles. The van der Waals surface area contributed by atoms with Crippen LogP contribution in [0.15, 0.2) is 12.1 Å². The Bertz CT molecular complexity index is 437. The molecule has 4 nitrogen and oxygen atoms in total. The van der Waals surface area contributed by atoms with E-state index in [1.807, 2.05) is 6.07 Å². The summed E-state index contributed by atoms with van der Waals surface area (Å²) >= 11 is 3.16. The molecule has 5 heteroatoms. The Balaban J connectivity index is 3.34. The fourth-order valence-corrected chi connectivity index (χ4v) is 1.54. The summed E-state index contributed by atoms with van der Waals surface area (Å²) in [4.78, 5) is 11.2. The summed E-state index contributed by atoms with van der Waals surface area (Å²) in [5, 5.41) is 18.7. The molecule has 0 unspecified atom stereocenters. The third-order valence-electron chi connectivity index (χ3n) is 1.87. The Kier molecular flexibility index (Phi) is 3.69. The highest BCUT2D eigenvalue weighted by Crippen LogP contribution is 2.26. The number of nitriles is 1. The van der Waals surface area contributed by atoms with E-state index < -0.39 is 5.97 Å². The third kappa shape index (κ3) is 2.28. The number of halogens is 1. The van der Waals surface area contributed by atoms with Crippen molar-refractivity contribution in [2.45, 2.75) is 5.33 Å². The standard InChI is InChI=1S/C10H8BrNO3/c1-15-10(14)6-2-7(4-11)9(13)8(3-6)5-12/h2-3,13H,4H2,1H3. The molecule has 0 radical (unpaired) electrons. The highest BCUT2D eigenvalue weighted by Gasteiger charge is 2.13. The summed E-state index contributed by atoms with van der Waals surface area (Å²) in [6.07, 6.45) is 0. The smallest absolute Gasteiger partial charge is 0.337 e. The van der Waals surface area contributed by atoms with Gasteiger partial charge in [0.15, 0.2) is 0 Å². The zero-order valence-electron chi connectivity index (χ0n) is 7.95. The van der Waals surface area contributed by atoms with Crippen LogP contribution in [0.3, 0.4) is 0 Å². The number of methoxy groups -OCH3 is 1. The summed E-state index contributed by atoms with van der Waals surface area (Å²) in [6.45, 7) is 0.